The summed E-state index contributed by atoms with van der Waals surface area (Å²) in [5.41, 5.74) is -0.155. The minimum Gasteiger partial charge on any atom is -0.389 e. The molecule has 1 aromatic carbocycles. The first-order valence-corrected chi connectivity index (χ1v) is 7.41. The van der Waals surface area contributed by atoms with Crippen LogP contribution in [0.15, 0.2) is 22.7 Å². The van der Waals surface area contributed by atoms with E-state index in [-0.39, 0.29) is 11.9 Å². The smallest absolute Gasteiger partial charge is 0.129 e. The number of nitrogens with one attached hydrogen (secondary N) is 1. The highest BCUT2D eigenvalue weighted by Crippen LogP contribution is 2.22. The molecule has 4 heteroatoms. The van der Waals surface area contributed by atoms with Crippen molar-refractivity contribution in [3.63, 3.8) is 0 Å². The van der Waals surface area contributed by atoms with Crippen molar-refractivity contribution in [2.75, 3.05) is 6.54 Å². The summed E-state index contributed by atoms with van der Waals surface area (Å²) in [6.07, 6.45) is 0.718. The van der Waals surface area contributed by atoms with Crippen LogP contribution in [0, 0.1) is 11.7 Å². The molecule has 2 unspecified atom stereocenters. The highest BCUT2D eigenvalue weighted by molar-refractivity contribution is 9.10. The molecular weight excluding hydrogens is 309 g/mol. The zero-order valence-corrected chi connectivity index (χ0v) is 13.6. The number of benzene rings is 1. The van der Waals surface area contributed by atoms with Crippen molar-refractivity contribution in [1.29, 1.82) is 0 Å². The monoisotopic (exact) mass is 331 g/mol. The summed E-state index contributed by atoms with van der Waals surface area (Å²) >= 11 is 3.24. The Kier molecular flexibility index (Phi) is 5.96. The first kappa shape index (κ1) is 16.6. The van der Waals surface area contributed by atoms with Crippen molar-refractivity contribution < 1.29 is 9.50 Å². The van der Waals surface area contributed by atoms with Gasteiger partial charge >= 0.3 is 0 Å². The zero-order valence-electron chi connectivity index (χ0n) is 12.0. The first-order chi connectivity index (χ1) is 8.71. The molecule has 2 N–H and O–H groups in total. The van der Waals surface area contributed by atoms with E-state index in [1.54, 1.807) is 6.07 Å². The maximum absolute atomic E-state index is 13.8. The van der Waals surface area contributed by atoms with E-state index in [1.807, 2.05) is 19.9 Å². The van der Waals surface area contributed by atoms with E-state index in [0.29, 0.717) is 18.0 Å². The molecule has 0 saturated heterocycles. The van der Waals surface area contributed by atoms with E-state index >= 15 is 0 Å². The minimum absolute atomic E-state index is 0.133. The number of hydrogen-bond donors (Lipinski definition) is 2. The van der Waals surface area contributed by atoms with Crippen LogP contribution in [0.1, 0.15) is 45.7 Å². The molecule has 1 rings (SSSR count). The van der Waals surface area contributed by atoms with Gasteiger partial charge in [0.2, 0.25) is 0 Å². The molecule has 0 aromatic heterocycles. The van der Waals surface area contributed by atoms with Crippen LogP contribution in [0.3, 0.4) is 0 Å². The van der Waals surface area contributed by atoms with Crippen LogP contribution in [-0.4, -0.2) is 17.3 Å². The van der Waals surface area contributed by atoms with Crippen LogP contribution in [0.5, 0.6) is 0 Å². The standard InChI is InChI=1S/C15H23BrFNO/c1-10(2)8-15(4,19)9-18-11(3)13-6-5-12(16)7-14(13)17/h5-7,10-11,18-19H,8-9H2,1-4H3. The van der Waals surface area contributed by atoms with Gasteiger partial charge in [-0.3, -0.25) is 0 Å². The van der Waals surface area contributed by atoms with Gasteiger partial charge in [0, 0.05) is 22.6 Å². The highest BCUT2D eigenvalue weighted by Gasteiger charge is 2.23. The van der Waals surface area contributed by atoms with Crippen LogP contribution < -0.4 is 5.32 Å². The average molecular weight is 332 g/mol. The van der Waals surface area contributed by atoms with Gasteiger partial charge in [-0.15, -0.1) is 0 Å². The van der Waals surface area contributed by atoms with E-state index in [9.17, 15) is 9.50 Å². The fourth-order valence-electron chi connectivity index (χ4n) is 2.29. The molecule has 2 atom stereocenters. The summed E-state index contributed by atoms with van der Waals surface area (Å²) < 4.78 is 14.5. The third-order valence-corrected chi connectivity index (χ3v) is 3.56. The molecule has 0 heterocycles. The van der Waals surface area contributed by atoms with Gasteiger partial charge in [0.25, 0.3) is 0 Å². The summed E-state index contributed by atoms with van der Waals surface area (Å²) in [6.45, 7) is 8.31. The minimum atomic E-state index is -0.770. The van der Waals surface area contributed by atoms with Crippen LogP contribution in [-0.2, 0) is 0 Å². The summed E-state index contributed by atoms with van der Waals surface area (Å²) in [5, 5.41) is 13.4. The van der Waals surface area contributed by atoms with E-state index < -0.39 is 5.60 Å². The zero-order chi connectivity index (χ0) is 14.6. The van der Waals surface area contributed by atoms with Crippen molar-refractivity contribution in [2.45, 2.75) is 45.8 Å². The molecule has 1 aromatic rings. The van der Waals surface area contributed by atoms with Gasteiger partial charge in [-0.2, -0.15) is 0 Å². The van der Waals surface area contributed by atoms with E-state index in [2.05, 4.69) is 35.1 Å². The van der Waals surface area contributed by atoms with Crippen molar-refractivity contribution in [3.05, 3.63) is 34.1 Å². The lowest BCUT2D eigenvalue weighted by molar-refractivity contribution is 0.0362. The van der Waals surface area contributed by atoms with Gasteiger partial charge in [0.05, 0.1) is 5.60 Å². The third kappa shape index (κ3) is 5.59. The predicted octanol–water partition coefficient (Wildman–Crippen LogP) is 4.04. The number of rotatable bonds is 6. The Morgan fingerprint density at radius 3 is 2.53 bits per heavy atom. The largest absolute Gasteiger partial charge is 0.389 e. The molecule has 0 fully saturated rings. The second kappa shape index (κ2) is 6.82. The average Bonchev–Trinajstić information content (AvgIpc) is 2.24. The summed E-state index contributed by atoms with van der Waals surface area (Å²) in [7, 11) is 0. The van der Waals surface area contributed by atoms with Gasteiger partial charge in [-0.25, -0.2) is 4.39 Å². The van der Waals surface area contributed by atoms with Gasteiger partial charge < -0.3 is 10.4 Å². The maximum atomic E-state index is 13.8. The fraction of sp³-hybridized carbons (Fsp3) is 0.600. The molecule has 108 valence electrons. The normalized spacial score (nSPS) is 16.4. The molecule has 2 nitrogen and oxygen atoms in total. The molecule has 0 aliphatic rings. The van der Waals surface area contributed by atoms with E-state index in [0.717, 1.165) is 10.9 Å². The van der Waals surface area contributed by atoms with Gasteiger partial charge in [-0.1, -0.05) is 35.8 Å². The molecule has 0 aliphatic carbocycles. The van der Waals surface area contributed by atoms with Crippen LogP contribution in [0.25, 0.3) is 0 Å². The van der Waals surface area contributed by atoms with Crippen LogP contribution >= 0.6 is 15.9 Å². The predicted molar refractivity (Wildman–Crippen MR) is 80.6 cm³/mol. The van der Waals surface area contributed by atoms with Gasteiger partial charge in [0.1, 0.15) is 5.82 Å². The number of halogens is 2. The maximum Gasteiger partial charge on any atom is 0.129 e. The van der Waals surface area contributed by atoms with Crippen molar-refractivity contribution >= 4 is 15.9 Å². The molecule has 0 radical (unpaired) electrons. The second-order valence-electron chi connectivity index (χ2n) is 5.86. The lowest BCUT2D eigenvalue weighted by Gasteiger charge is -2.28. The molecule has 0 bridgehead atoms. The Balaban J connectivity index is 2.62. The molecular formula is C15H23BrFNO. The van der Waals surface area contributed by atoms with Gasteiger partial charge in [0.15, 0.2) is 0 Å². The molecule has 0 spiro atoms. The van der Waals surface area contributed by atoms with Crippen molar-refractivity contribution in [2.24, 2.45) is 5.92 Å². The van der Waals surface area contributed by atoms with Crippen LogP contribution in [0.4, 0.5) is 4.39 Å². The lowest BCUT2D eigenvalue weighted by Crippen LogP contribution is -2.40. The Hall–Kier alpha value is -0.450. The van der Waals surface area contributed by atoms with E-state index in [4.69, 9.17) is 0 Å². The van der Waals surface area contributed by atoms with Gasteiger partial charge in [-0.05, 0) is 38.3 Å². The Labute approximate surface area is 123 Å². The Morgan fingerprint density at radius 1 is 1.37 bits per heavy atom. The quantitative estimate of drug-likeness (QED) is 0.824. The lowest BCUT2D eigenvalue weighted by atomic mass is 9.94. The Bertz CT molecular complexity index is 421. The molecule has 0 amide bonds. The molecule has 0 aliphatic heterocycles. The third-order valence-electron chi connectivity index (χ3n) is 3.07. The molecule has 19 heavy (non-hydrogen) atoms. The number of hydrogen-bond acceptors (Lipinski definition) is 2. The summed E-state index contributed by atoms with van der Waals surface area (Å²) in [4.78, 5) is 0. The Morgan fingerprint density at radius 2 is 2.00 bits per heavy atom. The number of aliphatic hydroxyl groups is 1. The topological polar surface area (TPSA) is 32.3 Å². The highest BCUT2D eigenvalue weighted by atomic mass is 79.9. The first-order valence-electron chi connectivity index (χ1n) is 6.62. The van der Waals surface area contributed by atoms with Crippen molar-refractivity contribution in [3.8, 4) is 0 Å². The second-order valence-corrected chi connectivity index (χ2v) is 6.78. The summed E-state index contributed by atoms with van der Waals surface area (Å²) in [6, 6.07) is 4.91. The van der Waals surface area contributed by atoms with Crippen molar-refractivity contribution in [1.82, 2.24) is 5.32 Å². The fourth-order valence-corrected chi connectivity index (χ4v) is 2.62. The summed E-state index contributed by atoms with van der Waals surface area (Å²) in [5.74, 6) is 0.189. The SMILES string of the molecule is CC(C)CC(C)(O)CNC(C)c1ccc(Br)cc1F. The van der Waals surface area contributed by atoms with Crippen LogP contribution in [0.2, 0.25) is 0 Å². The van der Waals surface area contributed by atoms with E-state index in [1.165, 1.54) is 6.07 Å². The molecule has 0 saturated carbocycles.